The third-order valence-corrected chi connectivity index (χ3v) is 6.69. The van der Waals surface area contributed by atoms with Crippen LogP contribution in [0.15, 0.2) is 24.3 Å². The summed E-state index contributed by atoms with van der Waals surface area (Å²) in [6.07, 6.45) is 0.566. The highest BCUT2D eigenvalue weighted by molar-refractivity contribution is 7.91. The average molecular weight is 375 g/mol. The van der Waals surface area contributed by atoms with Gasteiger partial charge in [-0.1, -0.05) is 19.1 Å². The number of imidazole rings is 1. The van der Waals surface area contributed by atoms with Crippen molar-refractivity contribution >= 4 is 33.1 Å². The highest BCUT2D eigenvalue weighted by Gasteiger charge is 2.32. The number of halogens is 2. The van der Waals surface area contributed by atoms with Gasteiger partial charge in [0.15, 0.2) is 14.6 Å². The second-order valence-electron chi connectivity index (χ2n) is 5.95. The van der Waals surface area contributed by atoms with E-state index >= 15 is 0 Å². The Morgan fingerprint density at radius 1 is 1.33 bits per heavy atom. The summed E-state index contributed by atoms with van der Waals surface area (Å²) in [6.45, 7) is 0.137. The van der Waals surface area contributed by atoms with E-state index in [1.807, 2.05) is 11.8 Å². The SMILES string of the molecule is CCN(Cn1c(=S)n(C(F)F)c2ccccc21)[C@H]1CCS(=O)(=O)C1. The van der Waals surface area contributed by atoms with Gasteiger partial charge in [-0.15, -0.1) is 0 Å². The summed E-state index contributed by atoms with van der Waals surface area (Å²) in [5.74, 6) is 0.292. The predicted molar refractivity (Wildman–Crippen MR) is 91.5 cm³/mol. The van der Waals surface area contributed by atoms with Crippen molar-refractivity contribution in [2.24, 2.45) is 0 Å². The average Bonchev–Trinajstić information content (AvgIpc) is 3.02. The van der Waals surface area contributed by atoms with Gasteiger partial charge in [-0.2, -0.15) is 8.78 Å². The summed E-state index contributed by atoms with van der Waals surface area (Å²) in [5.41, 5.74) is 1.01. The zero-order valence-corrected chi connectivity index (χ0v) is 14.9. The molecule has 0 amide bonds. The van der Waals surface area contributed by atoms with Crippen LogP contribution in [0.2, 0.25) is 0 Å². The molecule has 0 saturated carbocycles. The Hall–Kier alpha value is -1.32. The molecule has 0 bridgehead atoms. The lowest BCUT2D eigenvalue weighted by molar-refractivity contribution is 0.0712. The van der Waals surface area contributed by atoms with E-state index in [0.29, 0.717) is 30.7 Å². The van der Waals surface area contributed by atoms with Crippen molar-refractivity contribution in [1.29, 1.82) is 0 Å². The van der Waals surface area contributed by atoms with Gasteiger partial charge in [0.05, 0.1) is 29.2 Å². The zero-order chi connectivity index (χ0) is 17.5. The Morgan fingerprint density at radius 2 is 2.00 bits per heavy atom. The zero-order valence-electron chi connectivity index (χ0n) is 13.2. The molecule has 0 radical (unpaired) electrons. The number of hydrogen-bond acceptors (Lipinski definition) is 4. The van der Waals surface area contributed by atoms with Crippen LogP contribution in [0, 0.1) is 4.77 Å². The van der Waals surface area contributed by atoms with E-state index in [4.69, 9.17) is 12.2 Å². The molecule has 132 valence electrons. The van der Waals surface area contributed by atoms with Gasteiger partial charge in [-0.25, -0.2) is 8.42 Å². The Kier molecular flexibility index (Phi) is 4.76. The van der Waals surface area contributed by atoms with Gasteiger partial charge in [-0.05, 0) is 37.3 Å². The normalized spacial score (nSPS) is 20.5. The highest BCUT2D eigenvalue weighted by atomic mass is 32.2. The standard InChI is InChI=1S/C15H19F2N3O2S2/c1-2-18(11-7-8-24(21,22)9-11)10-19-12-5-3-4-6-13(12)20(14(16)17)15(19)23/h3-6,11,14H,2,7-10H2,1H3/t11-/m0/s1. The van der Waals surface area contributed by atoms with Crippen LogP contribution in [0.4, 0.5) is 8.78 Å². The maximum atomic E-state index is 13.4. The summed E-state index contributed by atoms with van der Waals surface area (Å²) in [6, 6.07) is 6.74. The fourth-order valence-electron chi connectivity index (χ4n) is 3.28. The topological polar surface area (TPSA) is 47.2 Å². The minimum absolute atomic E-state index is 0.0468. The fourth-order valence-corrected chi connectivity index (χ4v) is 5.37. The fraction of sp³-hybridized carbons (Fsp3) is 0.533. The first-order chi connectivity index (χ1) is 11.3. The minimum Gasteiger partial charge on any atom is -0.303 e. The lowest BCUT2D eigenvalue weighted by Gasteiger charge is -2.27. The molecule has 0 spiro atoms. The van der Waals surface area contributed by atoms with Crippen LogP contribution in [0.3, 0.4) is 0 Å². The van der Waals surface area contributed by atoms with Crippen LogP contribution in [-0.4, -0.2) is 46.5 Å². The first kappa shape index (κ1) is 17.5. The number of benzene rings is 1. The van der Waals surface area contributed by atoms with Gasteiger partial charge in [0.2, 0.25) is 0 Å². The third kappa shape index (κ3) is 3.12. The molecule has 2 heterocycles. The highest BCUT2D eigenvalue weighted by Crippen LogP contribution is 2.25. The van der Waals surface area contributed by atoms with Gasteiger partial charge >= 0.3 is 6.55 Å². The monoisotopic (exact) mass is 375 g/mol. The minimum atomic E-state index is -3.01. The first-order valence-electron chi connectivity index (χ1n) is 7.76. The Balaban J connectivity index is 2.00. The van der Waals surface area contributed by atoms with E-state index in [9.17, 15) is 17.2 Å². The third-order valence-electron chi connectivity index (χ3n) is 4.52. The van der Waals surface area contributed by atoms with Gasteiger partial charge < -0.3 is 4.57 Å². The number of aromatic nitrogens is 2. The molecule has 1 aromatic carbocycles. The van der Waals surface area contributed by atoms with Crippen molar-refractivity contribution in [2.45, 2.75) is 32.6 Å². The molecule has 9 heteroatoms. The van der Waals surface area contributed by atoms with Crippen LogP contribution >= 0.6 is 12.2 Å². The second-order valence-corrected chi connectivity index (χ2v) is 8.54. The number of hydrogen-bond donors (Lipinski definition) is 0. The largest absolute Gasteiger partial charge is 0.321 e. The number of sulfone groups is 1. The van der Waals surface area contributed by atoms with Gasteiger partial charge in [-0.3, -0.25) is 9.47 Å². The van der Waals surface area contributed by atoms with Crippen molar-refractivity contribution in [3.63, 3.8) is 0 Å². The summed E-state index contributed by atoms with van der Waals surface area (Å²) < 4.78 is 52.8. The van der Waals surface area contributed by atoms with Crippen LogP contribution in [-0.2, 0) is 16.5 Å². The molecule has 1 aromatic heterocycles. The summed E-state index contributed by atoms with van der Waals surface area (Å²) in [5, 5.41) is 0. The lowest BCUT2D eigenvalue weighted by atomic mass is 10.2. The van der Waals surface area contributed by atoms with Crippen molar-refractivity contribution in [2.75, 3.05) is 18.1 Å². The van der Waals surface area contributed by atoms with Crippen LogP contribution in [0.5, 0.6) is 0 Å². The molecule has 1 fully saturated rings. The molecule has 1 aliphatic rings. The molecule has 24 heavy (non-hydrogen) atoms. The van der Waals surface area contributed by atoms with Gasteiger partial charge in [0, 0.05) is 6.04 Å². The molecule has 3 rings (SSSR count). The predicted octanol–water partition coefficient (Wildman–Crippen LogP) is 3.03. The summed E-state index contributed by atoms with van der Waals surface area (Å²) >= 11 is 5.26. The first-order valence-corrected chi connectivity index (χ1v) is 9.99. The van der Waals surface area contributed by atoms with Crippen LogP contribution in [0.25, 0.3) is 11.0 Å². The van der Waals surface area contributed by atoms with Crippen LogP contribution in [0.1, 0.15) is 19.9 Å². The number of fused-ring (bicyclic) bond motifs is 1. The molecule has 0 N–H and O–H groups in total. The van der Waals surface area contributed by atoms with Crippen molar-refractivity contribution in [3.8, 4) is 0 Å². The Bertz CT molecular complexity index is 905. The maximum Gasteiger partial charge on any atom is 0.321 e. The quantitative estimate of drug-likeness (QED) is 0.754. The van der Waals surface area contributed by atoms with Crippen molar-refractivity contribution < 1.29 is 17.2 Å². The molecule has 1 atom stereocenters. The van der Waals surface area contributed by atoms with Gasteiger partial charge in [0.25, 0.3) is 0 Å². The molecule has 0 unspecified atom stereocenters. The Labute approximate surface area is 144 Å². The molecule has 5 nitrogen and oxygen atoms in total. The maximum absolute atomic E-state index is 13.4. The molecular weight excluding hydrogens is 356 g/mol. The molecule has 1 saturated heterocycles. The van der Waals surface area contributed by atoms with E-state index in [-0.39, 0.29) is 22.3 Å². The summed E-state index contributed by atoms with van der Waals surface area (Å²) in [4.78, 5) is 1.99. The second kappa shape index (κ2) is 6.53. The van der Waals surface area contributed by atoms with E-state index in [1.165, 1.54) is 0 Å². The summed E-state index contributed by atoms with van der Waals surface area (Å²) in [7, 11) is -3.01. The van der Waals surface area contributed by atoms with Crippen molar-refractivity contribution in [1.82, 2.24) is 14.0 Å². The van der Waals surface area contributed by atoms with Crippen LogP contribution < -0.4 is 0 Å². The number of para-hydroxylation sites is 2. The molecule has 2 aromatic rings. The number of alkyl halides is 2. The molecule has 0 aliphatic carbocycles. The lowest BCUT2D eigenvalue weighted by Crippen LogP contribution is -2.37. The van der Waals surface area contributed by atoms with E-state index in [0.717, 1.165) is 4.57 Å². The van der Waals surface area contributed by atoms with E-state index < -0.39 is 16.4 Å². The van der Waals surface area contributed by atoms with Crippen molar-refractivity contribution in [3.05, 3.63) is 29.0 Å². The molecule has 1 aliphatic heterocycles. The molecular formula is C15H19F2N3O2S2. The van der Waals surface area contributed by atoms with E-state index in [1.54, 1.807) is 28.8 Å². The number of nitrogens with zero attached hydrogens (tertiary/aromatic N) is 3. The Morgan fingerprint density at radius 3 is 2.54 bits per heavy atom. The smallest absolute Gasteiger partial charge is 0.303 e. The van der Waals surface area contributed by atoms with Gasteiger partial charge in [0.1, 0.15) is 0 Å². The van der Waals surface area contributed by atoms with E-state index in [2.05, 4.69) is 0 Å². The number of rotatable bonds is 5.